The zero-order chi connectivity index (χ0) is 19.4. The van der Waals surface area contributed by atoms with E-state index < -0.39 is 0 Å². The molecular weight excluding hydrogens is 369 g/mol. The molecule has 0 unspecified atom stereocenters. The van der Waals surface area contributed by atoms with Crippen LogP contribution in [-0.2, 0) is 17.8 Å². The van der Waals surface area contributed by atoms with Crippen LogP contribution >= 0.6 is 11.3 Å². The van der Waals surface area contributed by atoms with Gasteiger partial charge in [0.2, 0.25) is 5.91 Å². The number of hydrogen-bond donors (Lipinski definition) is 3. The number of anilines is 2. The number of rotatable bonds is 5. The molecule has 2 aromatic rings. The molecule has 1 aromatic carbocycles. The number of thiazole rings is 1. The molecule has 0 fully saturated rings. The maximum absolute atomic E-state index is 13.2. The Morgan fingerprint density at radius 3 is 2.89 bits per heavy atom. The highest BCUT2D eigenvalue weighted by Crippen LogP contribution is 2.28. The predicted octanol–water partition coefficient (Wildman–Crippen LogP) is 2.81. The first-order chi connectivity index (χ1) is 12.9. The van der Waals surface area contributed by atoms with Crippen LogP contribution in [0.3, 0.4) is 0 Å². The van der Waals surface area contributed by atoms with E-state index in [1.807, 2.05) is 18.7 Å². The van der Waals surface area contributed by atoms with Gasteiger partial charge < -0.3 is 10.6 Å². The second kappa shape index (κ2) is 8.45. The third-order valence-corrected chi connectivity index (χ3v) is 4.92. The lowest BCUT2D eigenvalue weighted by atomic mass is 10.2. The zero-order valence-electron chi connectivity index (χ0n) is 15.2. The summed E-state index contributed by atoms with van der Waals surface area (Å²) < 4.78 is 13.2. The zero-order valence-corrected chi connectivity index (χ0v) is 16.0. The molecular formula is C18H22FN5O2S. The van der Waals surface area contributed by atoms with Crippen molar-refractivity contribution in [3.8, 4) is 0 Å². The molecule has 0 atom stereocenters. The summed E-state index contributed by atoms with van der Waals surface area (Å²) in [6.07, 6.45) is 0.715. The van der Waals surface area contributed by atoms with Gasteiger partial charge in [0.15, 0.2) is 5.13 Å². The van der Waals surface area contributed by atoms with Crippen LogP contribution in [0.25, 0.3) is 0 Å². The third-order valence-electron chi connectivity index (χ3n) is 3.93. The number of nitrogens with one attached hydrogen (secondary N) is 3. The van der Waals surface area contributed by atoms with Crippen LogP contribution in [-0.4, -0.2) is 41.0 Å². The Morgan fingerprint density at radius 1 is 1.33 bits per heavy atom. The minimum absolute atomic E-state index is 0.0479. The lowest BCUT2D eigenvalue weighted by Gasteiger charge is -2.25. The third kappa shape index (κ3) is 5.48. The Hall–Kier alpha value is -2.52. The van der Waals surface area contributed by atoms with Gasteiger partial charge in [-0.15, -0.1) is 11.3 Å². The van der Waals surface area contributed by atoms with Crippen LogP contribution in [0.4, 0.5) is 20.0 Å². The molecule has 3 N–H and O–H groups in total. The highest BCUT2D eigenvalue weighted by atomic mass is 32.1. The fraction of sp³-hybridized carbons (Fsp3) is 0.389. The van der Waals surface area contributed by atoms with E-state index in [0.717, 1.165) is 10.6 Å². The van der Waals surface area contributed by atoms with E-state index in [9.17, 15) is 14.0 Å². The van der Waals surface area contributed by atoms with E-state index in [0.29, 0.717) is 30.3 Å². The van der Waals surface area contributed by atoms with Crippen LogP contribution in [0, 0.1) is 5.82 Å². The van der Waals surface area contributed by atoms with Crippen molar-refractivity contribution in [1.82, 2.24) is 15.2 Å². The van der Waals surface area contributed by atoms with Gasteiger partial charge in [-0.25, -0.2) is 14.2 Å². The Morgan fingerprint density at radius 2 is 2.15 bits per heavy atom. The van der Waals surface area contributed by atoms with Crippen molar-refractivity contribution in [1.29, 1.82) is 0 Å². The van der Waals surface area contributed by atoms with Crippen molar-refractivity contribution in [3.63, 3.8) is 0 Å². The molecule has 0 radical (unpaired) electrons. The summed E-state index contributed by atoms with van der Waals surface area (Å²) in [6, 6.07) is 5.60. The maximum Gasteiger partial charge on any atom is 0.321 e. The van der Waals surface area contributed by atoms with Gasteiger partial charge >= 0.3 is 6.03 Å². The molecule has 0 saturated carbocycles. The fourth-order valence-corrected chi connectivity index (χ4v) is 3.85. The highest BCUT2D eigenvalue weighted by molar-refractivity contribution is 7.15. The Labute approximate surface area is 161 Å². The molecule has 0 spiro atoms. The standard InChI is InChI=1S/C18H22FN5O2S/c1-11(2)20-17(26)23-18-22-14-6-7-24(9-15(14)27-18)10-16(25)21-13-5-3-4-12(19)8-13/h3-5,8,11H,6-7,9-10H2,1-2H3,(H,21,25)(H2,20,22,23,26). The average Bonchev–Trinajstić information content (AvgIpc) is 2.95. The van der Waals surface area contributed by atoms with E-state index in [4.69, 9.17) is 0 Å². The number of benzene rings is 1. The molecule has 144 valence electrons. The molecule has 0 bridgehead atoms. The second-order valence-electron chi connectivity index (χ2n) is 6.66. The molecule has 27 heavy (non-hydrogen) atoms. The van der Waals surface area contributed by atoms with Crippen molar-refractivity contribution >= 4 is 34.1 Å². The maximum atomic E-state index is 13.2. The number of urea groups is 1. The van der Waals surface area contributed by atoms with E-state index in [1.165, 1.54) is 23.5 Å². The Bertz CT molecular complexity index is 839. The van der Waals surface area contributed by atoms with Crippen LogP contribution in [0.5, 0.6) is 0 Å². The molecule has 1 aliphatic rings. The summed E-state index contributed by atoms with van der Waals surface area (Å²) in [5.74, 6) is -0.579. The summed E-state index contributed by atoms with van der Waals surface area (Å²) in [5, 5.41) is 8.77. The van der Waals surface area contributed by atoms with Crippen molar-refractivity contribution in [2.24, 2.45) is 0 Å². The first-order valence-electron chi connectivity index (χ1n) is 8.73. The molecule has 2 heterocycles. The predicted molar refractivity (Wildman–Crippen MR) is 103 cm³/mol. The van der Waals surface area contributed by atoms with Crippen molar-refractivity contribution < 1.29 is 14.0 Å². The first kappa shape index (κ1) is 19.2. The molecule has 3 amide bonds. The minimum atomic E-state index is -0.387. The number of hydrogen-bond acceptors (Lipinski definition) is 5. The summed E-state index contributed by atoms with van der Waals surface area (Å²) in [6.45, 7) is 5.28. The number of fused-ring (bicyclic) bond motifs is 1. The summed E-state index contributed by atoms with van der Waals surface area (Å²) >= 11 is 1.42. The topological polar surface area (TPSA) is 86.4 Å². The van der Waals surface area contributed by atoms with Gasteiger partial charge in [0.05, 0.1) is 12.2 Å². The highest BCUT2D eigenvalue weighted by Gasteiger charge is 2.23. The van der Waals surface area contributed by atoms with E-state index in [2.05, 4.69) is 20.9 Å². The fourth-order valence-electron chi connectivity index (χ4n) is 2.80. The molecule has 0 saturated heterocycles. The van der Waals surface area contributed by atoms with Gasteiger partial charge in [0, 0.05) is 36.1 Å². The quantitative estimate of drug-likeness (QED) is 0.732. The molecule has 7 nitrogen and oxygen atoms in total. The SMILES string of the molecule is CC(C)NC(=O)Nc1nc2c(s1)CN(CC(=O)Nc1cccc(F)c1)CC2. The number of nitrogens with zero attached hydrogens (tertiary/aromatic N) is 2. The number of amides is 3. The first-order valence-corrected chi connectivity index (χ1v) is 9.54. The average molecular weight is 391 g/mol. The lowest BCUT2D eigenvalue weighted by Crippen LogP contribution is -2.36. The Balaban J connectivity index is 1.55. The van der Waals surface area contributed by atoms with Crippen molar-refractivity contribution in [2.45, 2.75) is 32.9 Å². The van der Waals surface area contributed by atoms with E-state index in [-0.39, 0.29) is 30.3 Å². The van der Waals surface area contributed by atoms with Gasteiger partial charge in [-0.3, -0.25) is 15.0 Å². The molecule has 3 rings (SSSR count). The Kier molecular flexibility index (Phi) is 6.02. The smallest absolute Gasteiger partial charge is 0.321 e. The second-order valence-corrected chi connectivity index (χ2v) is 7.74. The van der Waals surface area contributed by atoms with E-state index in [1.54, 1.807) is 12.1 Å². The number of carbonyl (C=O) groups excluding carboxylic acids is 2. The lowest BCUT2D eigenvalue weighted by molar-refractivity contribution is -0.117. The van der Waals surface area contributed by atoms with Crippen LogP contribution < -0.4 is 16.0 Å². The largest absolute Gasteiger partial charge is 0.336 e. The molecule has 1 aromatic heterocycles. The number of aromatic nitrogens is 1. The van der Waals surface area contributed by atoms with Crippen LogP contribution in [0.2, 0.25) is 0 Å². The van der Waals surface area contributed by atoms with Crippen LogP contribution in [0.1, 0.15) is 24.4 Å². The number of halogens is 1. The van der Waals surface area contributed by atoms with E-state index >= 15 is 0 Å². The van der Waals surface area contributed by atoms with Crippen molar-refractivity contribution in [2.75, 3.05) is 23.7 Å². The minimum Gasteiger partial charge on any atom is -0.336 e. The van der Waals surface area contributed by atoms with Gasteiger partial charge in [0.1, 0.15) is 5.82 Å². The van der Waals surface area contributed by atoms with Gasteiger partial charge in [-0.2, -0.15) is 0 Å². The molecule has 1 aliphatic heterocycles. The molecule has 9 heteroatoms. The van der Waals surface area contributed by atoms with Gasteiger partial charge in [-0.05, 0) is 32.0 Å². The monoisotopic (exact) mass is 391 g/mol. The van der Waals surface area contributed by atoms with Gasteiger partial charge in [0.25, 0.3) is 0 Å². The summed E-state index contributed by atoms with van der Waals surface area (Å²) in [7, 11) is 0. The summed E-state index contributed by atoms with van der Waals surface area (Å²) in [4.78, 5) is 31.5. The normalized spacial score (nSPS) is 13.9. The van der Waals surface area contributed by atoms with Crippen molar-refractivity contribution in [3.05, 3.63) is 40.7 Å². The summed E-state index contributed by atoms with van der Waals surface area (Å²) in [5.41, 5.74) is 1.40. The van der Waals surface area contributed by atoms with Gasteiger partial charge in [-0.1, -0.05) is 6.07 Å². The molecule has 0 aliphatic carbocycles. The van der Waals surface area contributed by atoms with Crippen LogP contribution in [0.15, 0.2) is 24.3 Å². The number of carbonyl (C=O) groups is 2.